The van der Waals surface area contributed by atoms with Crippen molar-refractivity contribution in [3.63, 3.8) is 0 Å². The fourth-order valence-electron chi connectivity index (χ4n) is 1.61. The molecule has 0 fully saturated rings. The van der Waals surface area contributed by atoms with E-state index in [0.29, 0.717) is 0 Å². The van der Waals surface area contributed by atoms with Crippen LogP contribution in [0.4, 0.5) is 0 Å². The number of H-pyrrole nitrogens is 1. The zero-order valence-electron chi connectivity index (χ0n) is 10.1. The Labute approximate surface area is 111 Å². The molecule has 0 aliphatic heterocycles. The number of methoxy groups -OCH3 is 2. The molecule has 17 heavy (non-hydrogen) atoms. The van der Waals surface area contributed by atoms with Gasteiger partial charge in [-0.15, -0.1) is 0 Å². The number of aromatic amines is 1. The van der Waals surface area contributed by atoms with E-state index in [1.807, 2.05) is 18.3 Å². The zero-order valence-corrected chi connectivity index (χ0v) is 12.4. The van der Waals surface area contributed by atoms with Gasteiger partial charge in [-0.05, 0) is 0 Å². The summed E-state index contributed by atoms with van der Waals surface area (Å²) in [4.78, 5) is 3.26. The van der Waals surface area contributed by atoms with Crippen molar-refractivity contribution in [1.29, 1.82) is 0 Å². The van der Waals surface area contributed by atoms with Gasteiger partial charge < -0.3 is 0 Å². The van der Waals surface area contributed by atoms with Crippen LogP contribution in [0.15, 0.2) is 30.5 Å². The second-order valence-electron chi connectivity index (χ2n) is 3.58. The van der Waals surface area contributed by atoms with E-state index in [1.54, 1.807) is 14.2 Å². The molecule has 0 spiro atoms. The van der Waals surface area contributed by atoms with Crippen molar-refractivity contribution in [3.05, 3.63) is 36.0 Å². The number of benzene rings is 1. The summed E-state index contributed by atoms with van der Waals surface area (Å²) in [6.45, 7) is 2.12. The summed E-state index contributed by atoms with van der Waals surface area (Å²) < 4.78 is 13.4. The third-order valence-corrected chi connectivity index (χ3v) is 5.86. The van der Waals surface area contributed by atoms with Gasteiger partial charge in [0.2, 0.25) is 0 Å². The van der Waals surface area contributed by atoms with Crippen LogP contribution >= 0.6 is 0 Å². The van der Waals surface area contributed by atoms with Gasteiger partial charge in [0.25, 0.3) is 0 Å². The molecule has 1 N–H and O–H groups in total. The Morgan fingerprint density at radius 2 is 1.94 bits per heavy atom. The summed E-state index contributed by atoms with van der Waals surface area (Å²) in [6, 6.07) is 8.20. The Hall–Kier alpha value is -1.11. The molecule has 3 nitrogen and oxygen atoms in total. The predicted molar refractivity (Wildman–Crippen MR) is 70.1 cm³/mol. The maximum absolute atomic E-state index is 5.49. The van der Waals surface area contributed by atoms with E-state index in [9.17, 15) is 0 Å². The number of aryl methyl sites for hydroxylation is 1. The van der Waals surface area contributed by atoms with Gasteiger partial charge in [-0.1, -0.05) is 0 Å². The topological polar surface area (TPSA) is 34.2 Å². The number of aromatic nitrogens is 1. The Morgan fingerprint density at radius 3 is 2.53 bits per heavy atom. The minimum absolute atomic E-state index is 0.464. The Kier molecular flexibility index (Phi) is 3.98. The molecule has 0 amide bonds. The van der Waals surface area contributed by atoms with Gasteiger partial charge in [0.05, 0.1) is 0 Å². The minimum atomic E-state index is -0.464. The van der Waals surface area contributed by atoms with Crippen LogP contribution in [0, 0.1) is 6.92 Å². The average Bonchev–Trinajstić information content (AvgIpc) is 2.84. The summed E-state index contributed by atoms with van der Waals surface area (Å²) in [6.07, 6.45) is 1.96. The molecule has 0 saturated heterocycles. The Balaban J connectivity index is 2.43. The number of rotatable bonds is 4. The van der Waals surface area contributed by atoms with Crippen LogP contribution in [0.2, 0.25) is 0 Å². The van der Waals surface area contributed by atoms with Crippen molar-refractivity contribution < 1.29 is 9.47 Å². The molecule has 90 valence electrons. The molecule has 1 heterocycles. The maximum atomic E-state index is 5.49. The van der Waals surface area contributed by atoms with Gasteiger partial charge in [-0.2, -0.15) is 0 Å². The van der Waals surface area contributed by atoms with Gasteiger partial charge in [0.15, 0.2) is 0 Å². The van der Waals surface area contributed by atoms with Crippen LogP contribution in [0.1, 0.15) is 5.56 Å². The first kappa shape index (κ1) is 12.3. The van der Waals surface area contributed by atoms with E-state index in [2.05, 4.69) is 24.0 Å². The quantitative estimate of drug-likeness (QED) is 0.840. The number of ether oxygens (including phenoxy) is 2. The second-order valence-corrected chi connectivity index (χ2v) is 6.59. The van der Waals surface area contributed by atoms with Gasteiger partial charge in [-0.25, -0.2) is 0 Å². The van der Waals surface area contributed by atoms with Crippen molar-refractivity contribution >= 4 is 28.3 Å². The van der Waals surface area contributed by atoms with E-state index in [1.165, 1.54) is 12.9 Å². The molecule has 2 rings (SSSR count). The second kappa shape index (κ2) is 5.48. The van der Waals surface area contributed by atoms with Crippen molar-refractivity contribution in [2.24, 2.45) is 0 Å². The normalized spacial score (nSPS) is 10.3. The first-order valence-electron chi connectivity index (χ1n) is 5.29. The summed E-state index contributed by atoms with van der Waals surface area (Å²) >= 11 is -0.464. The molecule has 0 radical (unpaired) electrons. The predicted octanol–water partition coefficient (Wildman–Crippen LogP) is 0.995. The monoisotopic (exact) mass is 347 g/mol. The van der Waals surface area contributed by atoms with Crippen molar-refractivity contribution in [2.45, 2.75) is 6.92 Å². The van der Waals surface area contributed by atoms with Crippen molar-refractivity contribution in [1.82, 2.24) is 4.98 Å². The SMILES string of the molecule is COc1ccc(C)c([Te]c2ccc[nH]2)c1OC. The van der Waals surface area contributed by atoms with Crippen molar-refractivity contribution in [2.75, 3.05) is 14.2 Å². The molecule has 1 aromatic heterocycles. The van der Waals surface area contributed by atoms with Crippen molar-refractivity contribution in [3.8, 4) is 11.5 Å². The molecule has 0 atom stereocenters. The first-order chi connectivity index (χ1) is 8.26. The molecule has 2 aromatic rings. The van der Waals surface area contributed by atoms with Gasteiger partial charge in [0.1, 0.15) is 0 Å². The van der Waals surface area contributed by atoms with Gasteiger partial charge in [-0.3, -0.25) is 0 Å². The summed E-state index contributed by atoms with van der Waals surface area (Å²) in [5.41, 5.74) is 1.26. The van der Waals surface area contributed by atoms with Gasteiger partial charge in [0, 0.05) is 0 Å². The molecule has 4 heteroatoms. The standard InChI is InChI=1S/C13H15NO2Te/c1-9-6-7-10(15-2)12(16-3)13(9)17-11-5-4-8-14-11/h4-8,14H,1-3H3. The number of hydrogen-bond acceptors (Lipinski definition) is 2. The average molecular weight is 345 g/mol. The fourth-order valence-corrected chi connectivity index (χ4v) is 4.46. The molecule has 1 aromatic carbocycles. The summed E-state index contributed by atoms with van der Waals surface area (Å²) in [7, 11) is 3.37. The van der Waals surface area contributed by atoms with Crippen LogP contribution in [0.5, 0.6) is 11.5 Å². The van der Waals surface area contributed by atoms with E-state index < -0.39 is 20.9 Å². The number of hydrogen-bond donors (Lipinski definition) is 1. The Morgan fingerprint density at radius 1 is 1.12 bits per heavy atom. The van der Waals surface area contributed by atoms with Crippen LogP contribution in [-0.4, -0.2) is 40.1 Å². The first-order valence-corrected chi connectivity index (χ1v) is 7.62. The van der Waals surface area contributed by atoms with Gasteiger partial charge >= 0.3 is 111 Å². The molecule has 0 unspecified atom stereocenters. The van der Waals surface area contributed by atoms with E-state index >= 15 is 0 Å². The summed E-state index contributed by atoms with van der Waals surface area (Å²) in [5, 5.41) is 0. The molecule has 0 aliphatic carbocycles. The molecular formula is C13H15NO2Te. The third-order valence-electron chi connectivity index (χ3n) is 2.48. The molecular weight excluding hydrogens is 330 g/mol. The zero-order chi connectivity index (χ0) is 12.3. The Bertz CT molecular complexity index is 494. The molecule has 0 bridgehead atoms. The van der Waals surface area contributed by atoms with Crippen LogP contribution in [-0.2, 0) is 0 Å². The van der Waals surface area contributed by atoms with E-state index in [4.69, 9.17) is 9.47 Å². The molecule has 0 saturated carbocycles. The van der Waals surface area contributed by atoms with Crippen LogP contribution in [0.25, 0.3) is 0 Å². The summed E-state index contributed by atoms with van der Waals surface area (Å²) in [5.74, 6) is 1.69. The fraction of sp³-hybridized carbons (Fsp3) is 0.231. The van der Waals surface area contributed by atoms with Crippen LogP contribution in [0.3, 0.4) is 0 Å². The third kappa shape index (κ3) is 2.59. The number of nitrogens with one attached hydrogen (secondary N) is 1. The van der Waals surface area contributed by atoms with E-state index in [-0.39, 0.29) is 0 Å². The van der Waals surface area contributed by atoms with Crippen LogP contribution < -0.4 is 16.8 Å². The van der Waals surface area contributed by atoms with E-state index in [0.717, 1.165) is 11.5 Å². The molecule has 0 aliphatic rings.